The Balaban J connectivity index is 2.88. The predicted octanol–water partition coefficient (Wildman–Crippen LogP) is 1.62. The molecular weight excluding hydrogens is 228 g/mol. The Bertz CT molecular complexity index is 137. The van der Waals surface area contributed by atoms with Crippen molar-refractivity contribution in [3.63, 3.8) is 0 Å². The smallest absolute Gasteiger partial charge is 0.0701 e. The Morgan fingerprint density at radius 2 is 1.56 bits per heavy atom. The van der Waals surface area contributed by atoms with Crippen LogP contribution in [0, 0.1) is 0 Å². The number of hydrogen-bond acceptors (Lipinski definition) is 4. The van der Waals surface area contributed by atoms with Crippen molar-refractivity contribution in [2.45, 2.75) is 25.7 Å². The first kappa shape index (κ1) is 16.1. The van der Waals surface area contributed by atoms with Gasteiger partial charge >= 0.3 is 0 Å². The van der Waals surface area contributed by atoms with Crippen molar-refractivity contribution in [3.8, 4) is 0 Å². The molecule has 0 spiro atoms. The zero-order valence-corrected chi connectivity index (χ0v) is 11.0. The minimum absolute atomic E-state index is 0.648. The molecule has 0 rings (SSSR count). The van der Waals surface area contributed by atoms with E-state index in [4.69, 9.17) is 26.9 Å². The summed E-state index contributed by atoms with van der Waals surface area (Å²) in [6.45, 7) is 3.55. The number of unbranched alkanes of at least 4 members (excludes halogenated alkanes) is 3. The van der Waals surface area contributed by atoms with Gasteiger partial charge in [-0.3, -0.25) is 5.84 Å². The monoisotopic (exact) mass is 252 g/mol. The molecule has 0 aliphatic heterocycles. The molecule has 0 saturated heterocycles. The number of hydrazine groups is 1. The number of halogens is 1. The molecule has 0 aromatic rings. The first-order chi connectivity index (χ1) is 7.77. The van der Waals surface area contributed by atoms with Gasteiger partial charge in [0.15, 0.2) is 0 Å². The van der Waals surface area contributed by atoms with E-state index in [0.717, 1.165) is 31.9 Å². The van der Waals surface area contributed by atoms with E-state index in [9.17, 15) is 0 Å². The molecule has 4 nitrogen and oxygen atoms in total. The van der Waals surface area contributed by atoms with Gasteiger partial charge < -0.3 is 9.47 Å². The molecule has 0 amide bonds. The van der Waals surface area contributed by atoms with E-state index >= 15 is 0 Å². The van der Waals surface area contributed by atoms with Crippen LogP contribution in [0.15, 0.2) is 0 Å². The highest BCUT2D eigenvalue weighted by atomic mass is 35.5. The molecule has 0 atom stereocenters. The molecule has 0 aliphatic carbocycles. The highest BCUT2D eigenvalue weighted by molar-refractivity contribution is 6.17. The highest BCUT2D eigenvalue weighted by Crippen LogP contribution is 2.00. The van der Waals surface area contributed by atoms with Gasteiger partial charge in [0.05, 0.1) is 19.8 Å². The lowest BCUT2D eigenvalue weighted by Crippen LogP contribution is -2.30. The first-order valence-electron chi connectivity index (χ1n) is 5.94. The third kappa shape index (κ3) is 14.1. The van der Waals surface area contributed by atoms with E-state index in [1.165, 1.54) is 12.8 Å². The van der Waals surface area contributed by atoms with Crippen molar-refractivity contribution >= 4 is 11.6 Å². The predicted molar refractivity (Wildman–Crippen MR) is 67.6 cm³/mol. The molecule has 16 heavy (non-hydrogen) atoms. The van der Waals surface area contributed by atoms with Crippen LogP contribution in [0.4, 0.5) is 0 Å². The van der Waals surface area contributed by atoms with E-state index in [2.05, 4.69) is 0 Å². The average molecular weight is 253 g/mol. The molecule has 98 valence electrons. The maximum absolute atomic E-state index is 5.57. The number of rotatable bonds is 12. The number of likely N-dealkylation sites (N-methyl/N-ethyl adjacent to an activating group) is 1. The standard InChI is InChI=1S/C11H25ClN2O2/c1-14(13)7-9-16-11-10-15-8-5-3-2-4-6-12/h2-11,13H2,1H3. The van der Waals surface area contributed by atoms with Gasteiger partial charge in [0.25, 0.3) is 0 Å². The molecule has 0 aliphatic rings. The Morgan fingerprint density at radius 3 is 2.19 bits per heavy atom. The van der Waals surface area contributed by atoms with Crippen molar-refractivity contribution in [2.24, 2.45) is 5.84 Å². The van der Waals surface area contributed by atoms with Crippen LogP contribution in [0.3, 0.4) is 0 Å². The fourth-order valence-electron chi connectivity index (χ4n) is 1.18. The van der Waals surface area contributed by atoms with E-state index in [1.807, 2.05) is 7.05 Å². The van der Waals surface area contributed by atoms with Gasteiger partial charge in [-0.05, 0) is 12.8 Å². The molecule has 0 radical (unpaired) electrons. The average Bonchev–Trinajstić information content (AvgIpc) is 2.25. The Hall–Kier alpha value is 0.130. The normalized spacial score (nSPS) is 11.2. The summed E-state index contributed by atoms with van der Waals surface area (Å²) >= 11 is 5.57. The van der Waals surface area contributed by atoms with Gasteiger partial charge in [-0.2, -0.15) is 0 Å². The summed E-state index contributed by atoms with van der Waals surface area (Å²) in [6.07, 6.45) is 4.62. The lowest BCUT2D eigenvalue weighted by molar-refractivity contribution is 0.0396. The minimum atomic E-state index is 0.648. The van der Waals surface area contributed by atoms with Gasteiger partial charge in [0, 0.05) is 26.1 Å². The Labute approximate surface area is 104 Å². The van der Waals surface area contributed by atoms with E-state index in [-0.39, 0.29) is 0 Å². The van der Waals surface area contributed by atoms with Crippen LogP contribution in [0.25, 0.3) is 0 Å². The second-order valence-electron chi connectivity index (χ2n) is 3.81. The van der Waals surface area contributed by atoms with Gasteiger partial charge in [-0.15, -0.1) is 11.6 Å². The van der Waals surface area contributed by atoms with Crippen LogP contribution < -0.4 is 5.84 Å². The van der Waals surface area contributed by atoms with Crippen LogP contribution in [0.1, 0.15) is 25.7 Å². The summed E-state index contributed by atoms with van der Waals surface area (Å²) < 4.78 is 10.7. The van der Waals surface area contributed by atoms with Crippen LogP contribution in [0.5, 0.6) is 0 Å². The third-order valence-electron chi connectivity index (χ3n) is 2.13. The lowest BCUT2D eigenvalue weighted by atomic mass is 10.2. The van der Waals surface area contributed by atoms with Crippen LogP contribution in [-0.2, 0) is 9.47 Å². The molecular formula is C11H25ClN2O2. The largest absolute Gasteiger partial charge is 0.379 e. The van der Waals surface area contributed by atoms with Gasteiger partial charge in [0.2, 0.25) is 0 Å². The molecule has 5 heteroatoms. The second kappa shape index (κ2) is 13.2. The lowest BCUT2D eigenvalue weighted by Gasteiger charge is -2.09. The summed E-state index contributed by atoms with van der Waals surface area (Å²) in [6, 6.07) is 0. The van der Waals surface area contributed by atoms with Crippen molar-refractivity contribution in [2.75, 3.05) is 45.9 Å². The van der Waals surface area contributed by atoms with Crippen LogP contribution in [0.2, 0.25) is 0 Å². The molecule has 0 bridgehead atoms. The molecule has 0 aromatic carbocycles. The topological polar surface area (TPSA) is 47.7 Å². The van der Waals surface area contributed by atoms with E-state index in [0.29, 0.717) is 19.8 Å². The van der Waals surface area contributed by atoms with Crippen molar-refractivity contribution in [1.29, 1.82) is 0 Å². The number of ether oxygens (including phenoxy) is 2. The number of nitrogens with zero attached hydrogens (tertiary/aromatic N) is 1. The van der Waals surface area contributed by atoms with Gasteiger partial charge in [0.1, 0.15) is 0 Å². The SMILES string of the molecule is CN(N)CCOCCOCCCCCCCl. The first-order valence-corrected chi connectivity index (χ1v) is 6.48. The molecule has 0 unspecified atom stereocenters. The number of nitrogens with two attached hydrogens (primary N) is 1. The Kier molecular flexibility index (Phi) is 13.3. The van der Waals surface area contributed by atoms with Crippen molar-refractivity contribution in [3.05, 3.63) is 0 Å². The van der Waals surface area contributed by atoms with Crippen LogP contribution in [-0.4, -0.2) is 50.9 Å². The van der Waals surface area contributed by atoms with Crippen LogP contribution >= 0.6 is 11.6 Å². The molecule has 0 saturated carbocycles. The van der Waals surface area contributed by atoms with E-state index in [1.54, 1.807) is 5.01 Å². The zero-order chi connectivity index (χ0) is 12.1. The summed E-state index contributed by atoms with van der Waals surface area (Å²) in [7, 11) is 1.82. The third-order valence-corrected chi connectivity index (χ3v) is 2.40. The number of hydrogen-bond donors (Lipinski definition) is 1. The fraction of sp³-hybridized carbons (Fsp3) is 1.00. The zero-order valence-electron chi connectivity index (χ0n) is 10.3. The molecule has 0 fully saturated rings. The maximum Gasteiger partial charge on any atom is 0.0701 e. The maximum atomic E-state index is 5.57. The quantitative estimate of drug-likeness (QED) is 0.248. The molecule has 2 N–H and O–H groups in total. The summed E-state index contributed by atoms with van der Waals surface area (Å²) in [5, 5.41) is 1.61. The van der Waals surface area contributed by atoms with Crippen molar-refractivity contribution in [1.82, 2.24) is 5.01 Å². The molecule has 0 heterocycles. The molecule has 0 aromatic heterocycles. The van der Waals surface area contributed by atoms with Gasteiger partial charge in [-0.25, -0.2) is 5.01 Å². The summed E-state index contributed by atoms with van der Waals surface area (Å²) in [5.41, 5.74) is 0. The fourth-order valence-corrected chi connectivity index (χ4v) is 1.37. The summed E-state index contributed by atoms with van der Waals surface area (Å²) in [4.78, 5) is 0. The van der Waals surface area contributed by atoms with Crippen molar-refractivity contribution < 1.29 is 9.47 Å². The number of alkyl halides is 1. The highest BCUT2D eigenvalue weighted by Gasteiger charge is 1.93. The minimum Gasteiger partial charge on any atom is -0.379 e. The Morgan fingerprint density at radius 1 is 0.938 bits per heavy atom. The van der Waals surface area contributed by atoms with E-state index < -0.39 is 0 Å². The second-order valence-corrected chi connectivity index (χ2v) is 4.19. The van der Waals surface area contributed by atoms with Gasteiger partial charge in [-0.1, -0.05) is 12.8 Å². The summed E-state index contributed by atoms with van der Waals surface area (Å²) in [5.74, 6) is 6.19.